The monoisotopic (exact) mass is 361 g/mol. The lowest BCUT2D eigenvalue weighted by molar-refractivity contribution is 0.0950. The van der Waals surface area contributed by atoms with Gasteiger partial charge in [0.1, 0.15) is 0 Å². The van der Waals surface area contributed by atoms with Crippen molar-refractivity contribution in [2.24, 2.45) is 0 Å². The Hall–Kier alpha value is -2.55. The number of amides is 1. The van der Waals surface area contributed by atoms with Crippen molar-refractivity contribution in [2.75, 3.05) is 23.5 Å². The van der Waals surface area contributed by atoms with Gasteiger partial charge in [-0.05, 0) is 24.1 Å². The summed E-state index contributed by atoms with van der Waals surface area (Å²) in [6.45, 7) is 0.392. The van der Waals surface area contributed by atoms with Gasteiger partial charge >= 0.3 is 0 Å². The fraction of sp³-hybridized carbons (Fsp3) is 0.375. The van der Waals surface area contributed by atoms with E-state index in [9.17, 15) is 13.2 Å². The Morgan fingerprint density at radius 3 is 2.56 bits per heavy atom. The van der Waals surface area contributed by atoms with Crippen LogP contribution in [0.1, 0.15) is 22.3 Å². The van der Waals surface area contributed by atoms with E-state index in [4.69, 9.17) is 0 Å². The van der Waals surface area contributed by atoms with Gasteiger partial charge in [-0.2, -0.15) is 0 Å². The van der Waals surface area contributed by atoms with Crippen molar-refractivity contribution in [3.8, 4) is 0 Å². The summed E-state index contributed by atoms with van der Waals surface area (Å²) in [4.78, 5) is 26.2. The van der Waals surface area contributed by atoms with Crippen LogP contribution in [-0.4, -0.2) is 53.9 Å². The fourth-order valence-electron chi connectivity index (χ4n) is 2.65. The van der Waals surface area contributed by atoms with Crippen LogP contribution >= 0.6 is 0 Å². The summed E-state index contributed by atoms with van der Waals surface area (Å²) in [7, 11) is -1.20. The van der Waals surface area contributed by atoms with Crippen LogP contribution in [0.2, 0.25) is 0 Å². The number of carbonyl (C=O) groups is 1. The third-order valence-corrected chi connectivity index (χ3v) is 5.92. The molecular weight excluding hydrogens is 342 g/mol. The Kier molecular flexibility index (Phi) is 4.93. The molecule has 0 aromatic carbocycles. The van der Waals surface area contributed by atoms with Gasteiger partial charge in [0.15, 0.2) is 9.84 Å². The third-order valence-electron chi connectivity index (χ3n) is 4.17. The van der Waals surface area contributed by atoms with Gasteiger partial charge in [0, 0.05) is 44.4 Å². The van der Waals surface area contributed by atoms with Gasteiger partial charge in [0.2, 0.25) is 5.95 Å². The zero-order valence-electron chi connectivity index (χ0n) is 13.8. The molecule has 0 bridgehead atoms. The number of pyridine rings is 1. The van der Waals surface area contributed by atoms with E-state index < -0.39 is 9.84 Å². The van der Waals surface area contributed by atoms with Crippen molar-refractivity contribution in [3.05, 3.63) is 48.0 Å². The first-order valence-electron chi connectivity index (χ1n) is 7.87. The van der Waals surface area contributed by atoms with Gasteiger partial charge in [0.25, 0.3) is 5.91 Å². The van der Waals surface area contributed by atoms with E-state index >= 15 is 0 Å². The number of carbonyl (C=O) groups excluding carboxylic acids is 1. The van der Waals surface area contributed by atoms with Gasteiger partial charge < -0.3 is 10.2 Å². The van der Waals surface area contributed by atoms with Crippen molar-refractivity contribution in [3.63, 3.8) is 0 Å². The van der Waals surface area contributed by atoms with E-state index in [0.717, 1.165) is 5.56 Å². The lowest BCUT2D eigenvalue weighted by atomic mass is 10.2. The first-order chi connectivity index (χ1) is 11.9. The average molecular weight is 361 g/mol. The topological polar surface area (TPSA) is 105 Å². The molecule has 1 aliphatic rings. The van der Waals surface area contributed by atoms with Crippen LogP contribution in [0.5, 0.6) is 0 Å². The summed E-state index contributed by atoms with van der Waals surface area (Å²) < 4.78 is 23.2. The summed E-state index contributed by atoms with van der Waals surface area (Å²) in [5.74, 6) is 0.445. The third kappa shape index (κ3) is 4.30. The largest absolute Gasteiger partial charge is 0.348 e. The Labute approximate surface area is 146 Å². The molecule has 2 aromatic rings. The quantitative estimate of drug-likeness (QED) is 0.823. The van der Waals surface area contributed by atoms with Crippen LogP contribution in [0, 0.1) is 0 Å². The van der Waals surface area contributed by atoms with Crippen LogP contribution in [0.3, 0.4) is 0 Å². The van der Waals surface area contributed by atoms with Crippen LogP contribution in [0.4, 0.5) is 5.95 Å². The maximum atomic E-state index is 12.1. The zero-order valence-corrected chi connectivity index (χ0v) is 14.6. The Morgan fingerprint density at radius 2 is 1.96 bits per heavy atom. The number of nitrogens with zero attached hydrogens (tertiary/aromatic N) is 4. The Bertz CT molecular complexity index is 840. The predicted molar refractivity (Wildman–Crippen MR) is 92.9 cm³/mol. The molecule has 1 saturated heterocycles. The smallest absolute Gasteiger partial charge is 0.254 e. The maximum absolute atomic E-state index is 12.1. The van der Waals surface area contributed by atoms with Gasteiger partial charge in [-0.25, -0.2) is 18.4 Å². The SMILES string of the molecule is CN(c1ncc(C(=O)NCc2ccncc2)cn1)C1CCS(=O)(=O)C1. The minimum absolute atomic E-state index is 0.112. The van der Waals surface area contributed by atoms with Gasteiger partial charge in [0.05, 0.1) is 17.1 Å². The second kappa shape index (κ2) is 7.14. The number of nitrogens with one attached hydrogen (secondary N) is 1. The van der Waals surface area contributed by atoms with Crippen LogP contribution in [0.25, 0.3) is 0 Å². The van der Waals surface area contributed by atoms with E-state index in [0.29, 0.717) is 24.5 Å². The Balaban J connectivity index is 1.60. The van der Waals surface area contributed by atoms with Crippen molar-refractivity contribution in [2.45, 2.75) is 19.0 Å². The summed E-state index contributed by atoms with van der Waals surface area (Å²) in [5.41, 5.74) is 1.30. The first kappa shape index (κ1) is 17.3. The number of hydrogen-bond donors (Lipinski definition) is 1. The molecule has 25 heavy (non-hydrogen) atoms. The number of sulfone groups is 1. The highest BCUT2D eigenvalue weighted by molar-refractivity contribution is 7.91. The summed E-state index contributed by atoms with van der Waals surface area (Å²) in [6.07, 6.45) is 6.79. The summed E-state index contributed by atoms with van der Waals surface area (Å²) in [6, 6.07) is 3.52. The van der Waals surface area contributed by atoms with Crippen molar-refractivity contribution >= 4 is 21.7 Å². The zero-order chi connectivity index (χ0) is 17.9. The van der Waals surface area contributed by atoms with Crippen molar-refractivity contribution in [1.82, 2.24) is 20.3 Å². The van der Waals surface area contributed by atoms with Gasteiger partial charge in [-0.1, -0.05) is 0 Å². The lowest BCUT2D eigenvalue weighted by Gasteiger charge is -2.23. The van der Waals surface area contributed by atoms with Gasteiger partial charge in [-0.15, -0.1) is 0 Å². The number of rotatable bonds is 5. The second-order valence-corrected chi connectivity index (χ2v) is 8.21. The summed E-state index contributed by atoms with van der Waals surface area (Å²) in [5, 5.41) is 2.79. The van der Waals surface area contributed by atoms with E-state index in [1.54, 1.807) is 24.3 Å². The molecule has 8 nitrogen and oxygen atoms in total. The number of aromatic nitrogens is 3. The van der Waals surface area contributed by atoms with E-state index in [1.807, 2.05) is 12.1 Å². The Morgan fingerprint density at radius 1 is 1.28 bits per heavy atom. The molecule has 1 amide bonds. The molecule has 0 aliphatic carbocycles. The molecule has 2 aromatic heterocycles. The highest BCUT2D eigenvalue weighted by atomic mass is 32.2. The molecule has 1 N–H and O–H groups in total. The summed E-state index contributed by atoms with van der Waals surface area (Å²) >= 11 is 0. The molecule has 1 fully saturated rings. The standard InChI is InChI=1S/C16H19N5O3S/c1-21(14-4-7-25(23,24)11-14)16-19-9-13(10-20-16)15(22)18-8-12-2-5-17-6-3-12/h2-3,5-6,9-10,14H,4,7-8,11H2,1H3,(H,18,22). The molecule has 9 heteroatoms. The highest BCUT2D eigenvalue weighted by Gasteiger charge is 2.31. The van der Waals surface area contributed by atoms with E-state index in [1.165, 1.54) is 12.4 Å². The van der Waals surface area contributed by atoms with Crippen molar-refractivity contribution < 1.29 is 13.2 Å². The minimum atomic E-state index is -2.97. The molecule has 3 rings (SSSR count). The normalized spacial score (nSPS) is 18.7. The van der Waals surface area contributed by atoms with Gasteiger partial charge in [-0.3, -0.25) is 9.78 Å². The molecule has 1 aliphatic heterocycles. The van der Waals surface area contributed by atoms with Crippen LogP contribution in [0.15, 0.2) is 36.9 Å². The minimum Gasteiger partial charge on any atom is -0.348 e. The average Bonchev–Trinajstić information content (AvgIpc) is 3.00. The second-order valence-electron chi connectivity index (χ2n) is 5.98. The number of anilines is 1. The molecular formula is C16H19N5O3S. The first-order valence-corrected chi connectivity index (χ1v) is 9.69. The molecule has 0 radical (unpaired) electrons. The maximum Gasteiger partial charge on any atom is 0.254 e. The predicted octanol–water partition coefficient (Wildman–Crippen LogP) is 0.425. The lowest BCUT2D eigenvalue weighted by Crippen LogP contribution is -2.34. The molecule has 3 heterocycles. The van der Waals surface area contributed by atoms with Crippen LogP contribution in [-0.2, 0) is 16.4 Å². The van der Waals surface area contributed by atoms with E-state index in [-0.39, 0.29) is 23.5 Å². The molecule has 1 atom stereocenters. The number of hydrogen-bond acceptors (Lipinski definition) is 7. The molecule has 0 spiro atoms. The van der Waals surface area contributed by atoms with E-state index in [2.05, 4.69) is 20.3 Å². The molecule has 132 valence electrons. The van der Waals surface area contributed by atoms with Crippen LogP contribution < -0.4 is 10.2 Å². The molecule has 1 unspecified atom stereocenters. The fourth-order valence-corrected chi connectivity index (χ4v) is 4.42. The van der Waals surface area contributed by atoms with Crippen molar-refractivity contribution in [1.29, 1.82) is 0 Å². The molecule has 0 saturated carbocycles. The highest BCUT2D eigenvalue weighted by Crippen LogP contribution is 2.19.